The van der Waals surface area contributed by atoms with Crippen LogP contribution in [0.2, 0.25) is 0 Å². The molecule has 3 aromatic rings. The molecule has 1 aliphatic heterocycles. The van der Waals surface area contributed by atoms with E-state index in [0.29, 0.717) is 30.8 Å². The first-order valence-corrected chi connectivity index (χ1v) is 10.6. The van der Waals surface area contributed by atoms with E-state index in [1.165, 1.54) is 4.31 Å². The van der Waals surface area contributed by atoms with Crippen LogP contribution in [0.25, 0.3) is 5.69 Å². The lowest BCUT2D eigenvalue weighted by molar-refractivity contribution is 0.0951. The van der Waals surface area contributed by atoms with Crippen LogP contribution in [0, 0.1) is 0 Å². The number of aromatic nitrogens is 2. The van der Waals surface area contributed by atoms with Gasteiger partial charge in [0.05, 0.1) is 17.1 Å². The molecular formula is C20H20N4O3S. The molecule has 28 heavy (non-hydrogen) atoms. The monoisotopic (exact) mass is 396 g/mol. The Morgan fingerprint density at radius 1 is 1.04 bits per heavy atom. The highest BCUT2D eigenvalue weighted by molar-refractivity contribution is 7.93. The lowest BCUT2D eigenvalue weighted by Crippen LogP contribution is -2.25. The third-order valence-electron chi connectivity index (χ3n) is 4.68. The van der Waals surface area contributed by atoms with Crippen LogP contribution in [-0.4, -0.2) is 36.4 Å². The maximum atomic E-state index is 12.4. The molecule has 0 atom stereocenters. The summed E-state index contributed by atoms with van der Waals surface area (Å²) in [6.07, 6.45) is 4.22. The van der Waals surface area contributed by atoms with Crippen molar-refractivity contribution in [1.82, 2.24) is 15.1 Å². The Hall–Kier alpha value is -3.13. The number of anilines is 1. The third-order valence-corrected chi connectivity index (χ3v) is 6.54. The van der Waals surface area contributed by atoms with Crippen molar-refractivity contribution in [3.8, 4) is 5.69 Å². The van der Waals surface area contributed by atoms with Gasteiger partial charge in [-0.1, -0.05) is 12.1 Å². The van der Waals surface area contributed by atoms with Gasteiger partial charge in [-0.3, -0.25) is 9.10 Å². The molecule has 2 heterocycles. The number of sulfonamides is 1. The molecule has 1 saturated heterocycles. The van der Waals surface area contributed by atoms with Crippen LogP contribution < -0.4 is 9.62 Å². The molecule has 0 spiro atoms. The molecular weight excluding hydrogens is 376 g/mol. The zero-order valence-corrected chi connectivity index (χ0v) is 16.0. The first-order chi connectivity index (χ1) is 13.5. The molecule has 144 valence electrons. The Morgan fingerprint density at radius 2 is 1.75 bits per heavy atom. The summed E-state index contributed by atoms with van der Waals surface area (Å²) in [6.45, 7) is 0.892. The van der Waals surface area contributed by atoms with Crippen molar-refractivity contribution in [3.05, 3.63) is 78.1 Å². The molecule has 0 saturated carbocycles. The van der Waals surface area contributed by atoms with Crippen LogP contribution in [0.15, 0.2) is 67.0 Å². The summed E-state index contributed by atoms with van der Waals surface area (Å²) in [5.41, 5.74) is 3.02. The molecule has 1 aliphatic rings. The van der Waals surface area contributed by atoms with Crippen molar-refractivity contribution in [2.24, 2.45) is 0 Å². The van der Waals surface area contributed by atoms with Crippen LogP contribution in [0.5, 0.6) is 0 Å². The Kier molecular flexibility index (Phi) is 4.87. The zero-order valence-electron chi connectivity index (χ0n) is 15.2. The van der Waals surface area contributed by atoms with Crippen LogP contribution in [0.3, 0.4) is 0 Å². The van der Waals surface area contributed by atoms with Crippen LogP contribution in [0.1, 0.15) is 22.3 Å². The Balaban J connectivity index is 1.37. The molecule has 0 radical (unpaired) electrons. The minimum absolute atomic E-state index is 0.175. The van der Waals surface area contributed by atoms with Gasteiger partial charge in [0.2, 0.25) is 10.0 Å². The lowest BCUT2D eigenvalue weighted by atomic mass is 10.1. The Bertz CT molecular complexity index is 1060. The number of hydrogen-bond donors (Lipinski definition) is 1. The number of nitrogens with zero attached hydrogens (tertiary/aromatic N) is 3. The van der Waals surface area contributed by atoms with E-state index in [2.05, 4.69) is 10.4 Å². The summed E-state index contributed by atoms with van der Waals surface area (Å²) in [5.74, 6) is -0.0268. The van der Waals surface area contributed by atoms with E-state index >= 15 is 0 Å². The van der Waals surface area contributed by atoms with Crippen molar-refractivity contribution in [3.63, 3.8) is 0 Å². The second-order valence-corrected chi connectivity index (χ2v) is 8.60. The molecule has 1 amide bonds. The molecule has 4 rings (SSSR count). The number of benzene rings is 2. The van der Waals surface area contributed by atoms with E-state index in [1.807, 2.05) is 36.5 Å². The van der Waals surface area contributed by atoms with E-state index < -0.39 is 10.0 Å². The molecule has 1 N–H and O–H groups in total. The molecule has 2 aromatic carbocycles. The van der Waals surface area contributed by atoms with E-state index in [9.17, 15) is 13.2 Å². The molecule has 1 fully saturated rings. The van der Waals surface area contributed by atoms with Gasteiger partial charge >= 0.3 is 0 Å². The van der Waals surface area contributed by atoms with Gasteiger partial charge in [0.25, 0.3) is 5.91 Å². The number of rotatable bonds is 5. The standard InChI is InChI=1S/C20H20N4O3S/c25-20(17-5-9-19(10-6-17)24-13-2-14-28(24,26)27)21-15-16-3-7-18(8-4-16)23-12-1-11-22-23/h1,3-12H,2,13-15H2,(H,21,25). The van der Waals surface area contributed by atoms with Gasteiger partial charge in [-0.25, -0.2) is 13.1 Å². The number of carbonyl (C=O) groups is 1. The Labute approximate surface area is 163 Å². The highest BCUT2D eigenvalue weighted by Crippen LogP contribution is 2.24. The highest BCUT2D eigenvalue weighted by Gasteiger charge is 2.28. The van der Waals surface area contributed by atoms with E-state index in [1.54, 1.807) is 35.1 Å². The molecule has 1 aromatic heterocycles. The van der Waals surface area contributed by atoms with Gasteiger partial charge < -0.3 is 5.32 Å². The predicted molar refractivity (Wildman–Crippen MR) is 107 cm³/mol. The summed E-state index contributed by atoms with van der Waals surface area (Å²) in [5, 5.41) is 7.06. The van der Waals surface area contributed by atoms with Gasteiger partial charge in [-0.05, 0) is 54.4 Å². The van der Waals surface area contributed by atoms with Crippen molar-refractivity contribution in [2.45, 2.75) is 13.0 Å². The van der Waals surface area contributed by atoms with Crippen molar-refractivity contribution < 1.29 is 13.2 Å². The molecule has 0 aliphatic carbocycles. The third kappa shape index (κ3) is 3.77. The zero-order chi connectivity index (χ0) is 19.6. The van der Waals surface area contributed by atoms with Crippen LogP contribution in [0.4, 0.5) is 5.69 Å². The van der Waals surface area contributed by atoms with Crippen molar-refractivity contribution in [2.75, 3.05) is 16.6 Å². The number of amides is 1. The summed E-state index contributed by atoms with van der Waals surface area (Å²) in [6, 6.07) is 16.3. The lowest BCUT2D eigenvalue weighted by Gasteiger charge is -2.17. The predicted octanol–water partition coefficient (Wildman–Crippen LogP) is 2.34. The summed E-state index contributed by atoms with van der Waals surface area (Å²) >= 11 is 0. The van der Waals surface area contributed by atoms with Gasteiger partial charge in [0.15, 0.2) is 0 Å². The maximum absolute atomic E-state index is 12.4. The minimum Gasteiger partial charge on any atom is -0.348 e. The van der Waals surface area contributed by atoms with Crippen molar-refractivity contribution >= 4 is 21.6 Å². The minimum atomic E-state index is -3.21. The van der Waals surface area contributed by atoms with Gasteiger partial charge in [0, 0.05) is 31.0 Å². The normalized spacial score (nSPS) is 15.5. The largest absolute Gasteiger partial charge is 0.348 e. The van der Waals surface area contributed by atoms with Gasteiger partial charge in [0.1, 0.15) is 0 Å². The van der Waals surface area contributed by atoms with E-state index in [-0.39, 0.29) is 11.7 Å². The second-order valence-electron chi connectivity index (χ2n) is 6.59. The number of hydrogen-bond acceptors (Lipinski definition) is 4. The molecule has 0 bridgehead atoms. The van der Waals surface area contributed by atoms with E-state index in [0.717, 1.165) is 11.3 Å². The second kappa shape index (κ2) is 7.47. The quantitative estimate of drug-likeness (QED) is 0.717. The smallest absolute Gasteiger partial charge is 0.251 e. The SMILES string of the molecule is O=C(NCc1ccc(-n2cccn2)cc1)c1ccc(N2CCCS2(=O)=O)cc1. The first-order valence-electron chi connectivity index (χ1n) is 9.01. The van der Waals surface area contributed by atoms with E-state index in [4.69, 9.17) is 0 Å². The molecule has 8 heteroatoms. The average molecular weight is 396 g/mol. The van der Waals surface area contributed by atoms with Gasteiger partial charge in [-0.2, -0.15) is 5.10 Å². The fourth-order valence-corrected chi connectivity index (χ4v) is 4.75. The topological polar surface area (TPSA) is 84.3 Å². The number of carbonyl (C=O) groups excluding carboxylic acids is 1. The summed E-state index contributed by atoms with van der Waals surface area (Å²) in [7, 11) is -3.21. The molecule has 7 nitrogen and oxygen atoms in total. The average Bonchev–Trinajstić information content (AvgIpc) is 3.36. The fraction of sp³-hybridized carbons (Fsp3) is 0.200. The summed E-state index contributed by atoms with van der Waals surface area (Å²) in [4.78, 5) is 12.4. The van der Waals surface area contributed by atoms with Crippen LogP contribution in [-0.2, 0) is 16.6 Å². The highest BCUT2D eigenvalue weighted by atomic mass is 32.2. The number of nitrogens with one attached hydrogen (secondary N) is 1. The fourth-order valence-electron chi connectivity index (χ4n) is 3.18. The summed E-state index contributed by atoms with van der Waals surface area (Å²) < 4.78 is 27.1. The Morgan fingerprint density at radius 3 is 2.36 bits per heavy atom. The van der Waals surface area contributed by atoms with Gasteiger partial charge in [-0.15, -0.1) is 0 Å². The van der Waals surface area contributed by atoms with Crippen molar-refractivity contribution in [1.29, 1.82) is 0 Å². The first kappa shape index (κ1) is 18.2. The molecule has 0 unspecified atom stereocenters. The maximum Gasteiger partial charge on any atom is 0.251 e. The van der Waals surface area contributed by atoms with Crippen LogP contribution >= 0.6 is 0 Å².